The predicted molar refractivity (Wildman–Crippen MR) is 93.5 cm³/mol. The van der Waals surface area contributed by atoms with E-state index in [4.69, 9.17) is 23.2 Å². The second-order valence-electron chi connectivity index (χ2n) is 4.90. The van der Waals surface area contributed by atoms with Gasteiger partial charge < -0.3 is 5.32 Å². The summed E-state index contributed by atoms with van der Waals surface area (Å²) in [6, 6.07) is 22.0. The molecule has 0 unspecified atom stereocenters. The summed E-state index contributed by atoms with van der Waals surface area (Å²) >= 11 is 11.1. The second-order valence-corrected chi connectivity index (χ2v) is 5.99. The summed E-state index contributed by atoms with van der Waals surface area (Å²) in [4.78, 5) is 10.5. The first kappa shape index (κ1) is 14.9. The molecule has 1 amide bonds. The third-order valence-corrected chi connectivity index (χ3v) is 3.83. The van der Waals surface area contributed by atoms with Crippen molar-refractivity contribution in [3.63, 3.8) is 0 Å². The summed E-state index contributed by atoms with van der Waals surface area (Å²) in [6.07, 6.45) is 0. The smallest absolute Gasteiger partial charge is 0.257 e. The van der Waals surface area contributed by atoms with Crippen LogP contribution < -0.4 is 5.32 Å². The molecule has 0 heterocycles. The van der Waals surface area contributed by atoms with Gasteiger partial charge in [-0.1, -0.05) is 77.8 Å². The zero-order valence-corrected chi connectivity index (χ0v) is 13.1. The van der Waals surface area contributed by atoms with Gasteiger partial charge in [0.2, 0.25) is 0 Å². The predicted octanol–water partition coefficient (Wildman–Crippen LogP) is 5.25. The summed E-state index contributed by atoms with van der Waals surface area (Å²) in [6.45, 7) is 0. The maximum atomic E-state index is 11.6. The molecule has 0 aliphatic heterocycles. The summed E-state index contributed by atoms with van der Waals surface area (Å²) < 4.78 is 0. The third-order valence-electron chi connectivity index (χ3n) is 3.43. The Morgan fingerprint density at radius 2 is 1.64 bits per heavy atom. The molecule has 0 radical (unpaired) electrons. The van der Waals surface area contributed by atoms with Crippen LogP contribution in [0.5, 0.6) is 0 Å². The normalized spacial score (nSPS) is 10.9. The van der Waals surface area contributed by atoms with Crippen molar-refractivity contribution in [1.82, 2.24) is 0 Å². The average Bonchev–Trinajstić information content (AvgIpc) is 2.54. The van der Waals surface area contributed by atoms with Crippen LogP contribution in [0.25, 0.3) is 21.9 Å². The largest absolute Gasteiger partial charge is 0.324 e. The van der Waals surface area contributed by atoms with Gasteiger partial charge in [-0.2, -0.15) is 0 Å². The van der Waals surface area contributed by atoms with Crippen molar-refractivity contribution in [3.05, 3.63) is 66.7 Å². The Kier molecular flexibility index (Phi) is 4.32. The van der Waals surface area contributed by atoms with Crippen molar-refractivity contribution in [2.24, 2.45) is 0 Å². The van der Waals surface area contributed by atoms with Gasteiger partial charge in [0, 0.05) is 5.69 Å². The second kappa shape index (κ2) is 6.39. The Hall–Kier alpha value is -2.03. The minimum atomic E-state index is -1.08. The van der Waals surface area contributed by atoms with Crippen LogP contribution in [-0.2, 0) is 4.79 Å². The van der Waals surface area contributed by atoms with E-state index in [1.807, 2.05) is 42.5 Å². The van der Waals surface area contributed by atoms with Gasteiger partial charge in [0.1, 0.15) is 0 Å². The summed E-state index contributed by atoms with van der Waals surface area (Å²) in [7, 11) is 0. The van der Waals surface area contributed by atoms with Gasteiger partial charge in [0.25, 0.3) is 5.91 Å². The Labute approximate surface area is 138 Å². The van der Waals surface area contributed by atoms with E-state index in [9.17, 15) is 4.79 Å². The van der Waals surface area contributed by atoms with E-state index in [0.717, 1.165) is 11.1 Å². The van der Waals surface area contributed by atoms with Gasteiger partial charge in [0.05, 0.1) is 0 Å². The monoisotopic (exact) mass is 329 g/mol. The van der Waals surface area contributed by atoms with Gasteiger partial charge in [-0.25, -0.2) is 0 Å². The molecular weight excluding hydrogens is 317 g/mol. The Morgan fingerprint density at radius 1 is 0.909 bits per heavy atom. The highest BCUT2D eigenvalue weighted by Gasteiger charge is 2.12. The molecule has 3 rings (SSSR count). The number of nitrogens with one attached hydrogen (secondary N) is 1. The first-order valence-electron chi connectivity index (χ1n) is 6.82. The van der Waals surface area contributed by atoms with Gasteiger partial charge in [-0.3, -0.25) is 4.79 Å². The number of benzene rings is 3. The van der Waals surface area contributed by atoms with E-state index < -0.39 is 10.7 Å². The lowest BCUT2D eigenvalue weighted by molar-refractivity contribution is -0.114. The number of amides is 1. The molecule has 4 heteroatoms. The van der Waals surface area contributed by atoms with E-state index in [1.165, 1.54) is 10.8 Å². The van der Waals surface area contributed by atoms with E-state index in [-0.39, 0.29) is 0 Å². The molecule has 22 heavy (non-hydrogen) atoms. The molecule has 0 saturated heterocycles. The van der Waals surface area contributed by atoms with Crippen LogP contribution in [0.15, 0.2) is 66.7 Å². The van der Waals surface area contributed by atoms with Crippen molar-refractivity contribution in [2.75, 3.05) is 5.32 Å². The molecule has 0 aliphatic carbocycles. The average molecular weight is 330 g/mol. The number of rotatable bonds is 3. The Morgan fingerprint density at radius 3 is 2.45 bits per heavy atom. The lowest BCUT2D eigenvalue weighted by Gasteiger charge is -2.10. The number of anilines is 1. The quantitative estimate of drug-likeness (QED) is 0.653. The van der Waals surface area contributed by atoms with Crippen molar-refractivity contribution in [1.29, 1.82) is 0 Å². The fourth-order valence-electron chi connectivity index (χ4n) is 2.44. The number of halogens is 2. The molecule has 0 saturated carbocycles. The molecule has 0 spiro atoms. The first-order valence-corrected chi connectivity index (χ1v) is 7.69. The zero-order chi connectivity index (χ0) is 15.5. The Balaban J connectivity index is 2.03. The number of alkyl halides is 2. The minimum Gasteiger partial charge on any atom is -0.324 e. The standard InChI is InChI=1S/C18H13Cl2NO/c19-17(20)18(22)21-14-8-3-7-13(11-14)16-10-4-6-12-5-1-2-9-15(12)16/h1-11,17H,(H,21,22). The minimum absolute atomic E-state index is 0.432. The molecule has 3 aromatic carbocycles. The molecular formula is C18H13Cl2NO. The maximum absolute atomic E-state index is 11.6. The fraction of sp³-hybridized carbons (Fsp3) is 0.0556. The Bertz CT molecular complexity index is 825. The molecule has 0 bridgehead atoms. The van der Waals surface area contributed by atoms with Crippen molar-refractivity contribution in [3.8, 4) is 11.1 Å². The van der Waals surface area contributed by atoms with E-state index >= 15 is 0 Å². The summed E-state index contributed by atoms with van der Waals surface area (Å²) in [5.74, 6) is -0.432. The number of hydrogen-bond donors (Lipinski definition) is 1. The SMILES string of the molecule is O=C(Nc1cccc(-c2cccc3ccccc23)c1)C(Cl)Cl. The number of hydrogen-bond acceptors (Lipinski definition) is 1. The lowest BCUT2D eigenvalue weighted by Crippen LogP contribution is -2.18. The van der Waals surface area contributed by atoms with Crippen molar-refractivity contribution >= 4 is 45.6 Å². The van der Waals surface area contributed by atoms with Crippen molar-refractivity contribution < 1.29 is 4.79 Å². The van der Waals surface area contributed by atoms with Gasteiger partial charge >= 0.3 is 0 Å². The third kappa shape index (κ3) is 3.08. The van der Waals surface area contributed by atoms with E-state index in [2.05, 4.69) is 29.6 Å². The molecule has 0 aliphatic rings. The van der Waals surface area contributed by atoms with Gasteiger partial charge in [0.15, 0.2) is 4.84 Å². The van der Waals surface area contributed by atoms with Gasteiger partial charge in [-0.15, -0.1) is 0 Å². The molecule has 1 N–H and O–H groups in total. The van der Waals surface area contributed by atoms with Crippen LogP contribution in [0.4, 0.5) is 5.69 Å². The summed E-state index contributed by atoms with van der Waals surface area (Å²) in [5.41, 5.74) is 2.81. The zero-order valence-electron chi connectivity index (χ0n) is 11.6. The molecule has 2 nitrogen and oxygen atoms in total. The highest BCUT2D eigenvalue weighted by Crippen LogP contribution is 2.30. The van der Waals surface area contributed by atoms with Crippen LogP contribution in [0.3, 0.4) is 0 Å². The molecule has 110 valence electrons. The number of fused-ring (bicyclic) bond motifs is 1. The highest BCUT2D eigenvalue weighted by molar-refractivity contribution is 6.54. The molecule has 3 aromatic rings. The topological polar surface area (TPSA) is 29.1 Å². The van der Waals surface area contributed by atoms with Crippen molar-refractivity contribution in [2.45, 2.75) is 4.84 Å². The maximum Gasteiger partial charge on any atom is 0.257 e. The molecule has 0 atom stereocenters. The highest BCUT2D eigenvalue weighted by atomic mass is 35.5. The number of carbonyl (C=O) groups is 1. The van der Waals surface area contributed by atoms with Crippen LogP contribution in [0.2, 0.25) is 0 Å². The van der Waals surface area contributed by atoms with Crippen LogP contribution in [0.1, 0.15) is 0 Å². The van der Waals surface area contributed by atoms with Crippen LogP contribution >= 0.6 is 23.2 Å². The molecule has 0 fully saturated rings. The van der Waals surface area contributed by atoms with E-state index in [0.29, 0.717) is 5.69 Å². The van der Waals surface area contributed by atoms with E-state index in [1.54, 1.807) is 0 Å². The van der Waals surface area contributed by atoms with Gasteiger partial charge in [-0.05, 0) is 34.0 Å². The molecule has 0 aromatic heterocycles. The first-order chi connectivity index (χ1) is 10.6. The van der Waals surface area contributed by atoms with Crippen LogP contribution in [0, 0.1) is 0 Å². The summed E-state index contributed by atoms with van der Waals surface area (Å²) in [5, 5.41) is 5.04. The fourth-order valence-corrected chi connectivity index (χ4v) is 2.55. The van der Waals surface area contributed by atoms with Crippen LogP contribution in [-0.4, -0.2) is 10.7 Å². The number of carbonyl (C=O) groups excluding carboxylic acids is 1. The lowest BCUT2D eigenvalue weighted by atomic mass is 9.98.